The zero-order valence-electron chi connectivity index (χ0n) is 27.0. The van der Waals surface area contributed by atoms with E-state index in [-0.39, 0.29) is 24.2 Å². The number of carbonyl (C=O) groups excluding carboxylic acids is 1. The topological polar surface area (TPSA) is 55.8 Å². The lowest BCUT2D eigenvalue weighted by Gasteiger charge is -2.44. The number of allylic oxidation sites excluding steroid dienone is 2. The number of ether oxygens (including phenoxy) is 1. The van der Waals surface area contributed by atoms with E-state index in [1.54, 1.807) is 0 Å². The Kier molecular flexibility index (Phi) is 17.7. The number of benzene rings is 2. The first-order valence-corrected chi connectivity index (χ1v) is 18.5. The predicted octanol–water partition coefficient (Wildman–Crippen LogP) is 8.50. The largest absolute Gasteiger partial charge is 0.463 e. The van der Waals surface area contributed by atoms with E-state index >= 15 is 0 Å². The van der Waals surface area contributed by atoms with E-state index < -0.39 is 14.4 Å². The van der Waals surface area contributed by atoms with Crippen molar-refractivity contribution in [3.8, 4) is 0 Å². The molecule has 0 amide bonds. The van der Waals surface area contributed by atoms with Crippen molar-refractivity contribution in [3.05, 3.63) is 72.8 Å². The fourth-order valence-corrected chi connectivity index (χ4v) is 10.3. The van der Waals surface area contributed by atoms with Crippen LogP contribution in [0.4, 0.5) is 0 Å². The van der Waals surface area contributed by atoms with Crippen molar-refractivity contribution in [2.24, 2.45) is 0 Å². The van der Waals surface area contributed by atoms with Crippen molar-refractivity contribution in [3.63, 3.8) is 0 Å². The highest BCUT2D eigenvalue weighted by Gasteiger charge is 2.51. The average molecular weight is 595 g/mol. The van der Waals surface area contributed by atoms with Crippen LogP contribution in [0.3, 0.4) is 0 Å². The van der Waals surface area contributed by atoms with Crippen LogP contribution in [0, 0.1) is 0 Å². The van der Waals surface area contributed by atoms with Crippen molar-refractivity contribution in [1.82, 2.24) is 0 Å². The maximum atomic E-state index is 12.5. The monoisotopic (exact) mass is 594 g/mol. The molecule has 2 rings (SSSR count). The molecule has 1 unspecified atom stereocenters. The Morgan fingerprint density at radius 3 is 1.71 bits per heavy atom. The van der Waals surface area contributed by atoms with E-state index in [0.29, 0.717) is 6.42 Å². The Morgan fingerprint density at radius 1 is 0.762 bits per heavy atom. The minimum atomic E-state index is -2.83. The van der Waals surface area contributed by atoms with Gasteiger partial charge in [-0.2, -0.15) is 0 Å². The van der Waals surface area contributed by atoms with E-state index in [1.807, 2.05) is 36.4 Å². The number of hydrogen-bond acceptors (Lipinski definition) is 4. The van der Waals surface area contributed by atoms with Crippen molar-refractivity contribution in [1.29, 1.82) is 0 Å². The fraction of sp³-hybridized carbons (Fsp3) is 0.595. The first-order chi connectivity index (χ1) is 20.3. The van der Waals surface area contributed by atoms with Crippen LogP contribution in [-0.4, -0.2) is 38.7 Å². The van der Waals surface area contributed by atoms with Gasteiger partial charge in [-0.15, -0.1) is 0 Å². The van der Waals surface area contributed by atoms with Crippen LogP contribution in [0.15, 0.2) is 72.8 Å². The van der Waals surface area contributed by atoms with Crippen LogP contribution in [0.5, 0.6) is 0 Å². The van der Waals surface area contributed by atoms with Gasteiger partial charge in [0, 0.05) is 6.42 Å². The lowest BCUT2D eigenvalue weighted by atomic mass is 10.1. The molecular formula is C37H58O4Si. The van der Waals surface area contributed by atoms with Gasteiger partial charge in [0.15, 0.2) is 0 Å². The Labute approximate surface area is 258 Å². The summed E-state index contributed by atoms with van der Waals surface area (Å²) in [5.41, 5.74) is 0. The molecule has 0 aliphatic carbocycles. The van der Waals surface area contributed by atoms with Crippen molar-refractivity contribution < 1.29 is 19.1 Å². The standard InChI is InChI=1S/C37H58O4Si/c1-5-6-7-8-9-10-11-12-13-14-15-16-17-18-25-30-36(39)40-32-33(31-38)41-42(37(2,3)4,34-26-21-19-22-27-34)35-28-23-20-24-29-35/h12-13,19-24,26-29,33,38H,5-11,14-18,25,30-32H2,1-4H3/b13-12-. The summed E-state index contributed by atoms with van der Waals surface area (Å²) in [4.78, 5) is 12.5. The molecule has 0 saturated heterocycles. The molecule has 0 spiro atoms. The number of aliphatic hydroxyl groups excluding tert-OH is 1. The van der Waals surface area contributed by atoms with E-state index in [2.05, 4.69) is 64.1 Å². The first-order valence-electron chi connectivity index (χ1n) is 16.6. The van der Waals surface area contributed by atoms with Gasteiger partial charge in [0.1, 0.15) is 12.7 Å². The molecule has 2 aromatic carbocycles. The molecule has 0 bridgehead atoms. The smallest absolute Gasteiger partial charge is 0.305 e. The quantitative estimate of drug-likeness (QED) is 0.0643. The SMILES string of the molecule is CCCCCCCC/C=C\CCCCCCCC(=O)OCC(CO)O[Si](c1ccccc1)(c1ccccc1)C(C)(C)C. The second-order valence-corrected chi connectivity index (χ2v) is 16.9. The van der Waals surface area contributed by atoms with Crippen LogP contribution in [-0.2, 0) is 14.0 Å². The fourth-order valence-electron chi connectivity index (χ4n) is 5.66. The van der Waals surface area contributed by atoms with Gasteiger partial charge in [-0.3, -0.25) is 4.79 Å². The highest BCUT2D eigenvalue weighted by atomic mass is 28.4. The second kappa shape index (κ2) is 20.7. The lowest BCUT2D eigenvalue weighted by Crippen LogP contribution is -2.68. The molecule has 2 aromatic rings. The summed E-state index contributed by atoms with van der Waals surface area (Å²) < 4.78 is 12.5. The normalized spacial score (nSPS) is 13.0. The van der Waals surface area contributed by atoms with Crippen molar-refractivity contribution in [2.75, 3.05) is 13.2 Å². The maximum Gasteiger partial charge on any atom is 0.305 e. The molecule has 4 nitrogen and oxygen atoms in total. The third kappa shape index (κ3) is 12.6. The van der Waals surface area contributed by atoms with Gasteiger partial charge in [-0.25, -0.2) is 0 Å². The van der Waals surface area contributed by atoms with E-state index in [9.17, 15) is 9.90 Å². The maximum absolute atomic E-state index is 12.5. The van der Waals surface area contributed by atoms with Crippen molar-refractivity contribution in [2.45, 2.75) is 129 Å². The predicted molar refractivity (Wildman–Crippen MR) is 180 cm³/mol. The molecule has 1 N–H and O–H groups in total. The van der Waals surface area contributed by atoms with Crippen LogP contribution in [0.1, 0.15) is 118 Å². The molecule has 0 aliphatic rings. The number of aliphatic hydroxyl groups is 1. The summed E-state index contributed by atoms with van der Waals surface area (Å²) in [6.45, 7) is 8.72. The number of esters is 1. The highest BCUT2D eigenvalue weighted by molar-refractivity contribution is 6.99. The molecule has 42 heavy (non-hydrogen) atoms. The Hall–Kier alpha value is -2.21. The van der Waals surface area contributed by atoms with Crippen LogP contribution in [0.2, 0.25) is 5.04 Å². The summed E-state index contributed by atoms with van der Waals surface area (Å²) in [5, 5.41) is 12.3. The lowest BCUT2D eigenvalue weighted by molar-refractivity contribution is -0.147. The Morgan fingerprint density at radius 2 is 1.24 bits per heavy atom. The summed E-state index contributed by atoms with van der Waals surface area (Å²) in [7, 11) is -2.83. The zero-order chi connectivity index (χ0) is 30.5. The summed E-state index contributed by atoms with van der Waals surface area (Å²) in [6, 6.07) is 20.7. The van der Waals surface area contributed by atoms with Gasteiger partial charge in [-0.1, -0.05) is 152 Å². The number of unbranched alkanes of at least 4 members (excludes halogenated alkanes) is 11. The minimum Gasteiger partial charge on any atom is -0.463 e. The summed E-state index contributed by atoms with van der Waals surface area (Å²) in [5.74, 6) is -0.211. The molecule has 5 heteroatoms. The first kappa shape index (κ1) is 36.0. The second-order valence-electron chi connectivity index (χ2n) is 12.6. The summed E-state index contributed by atoms with van der Waals surface area (Å²) in [6.07, 6.45) is 20.5. The van der Waals surface area contributed by atoms with E-state index in [0.717, 1.165) is 36.1 Å². The third-order valence-electron chi connectivity index (χ3n) is 8.04. The highest BCUT2D eigenvalue weighted by Crippen LogP contribution is 2.37. The Bertz CT molecular complexity index is 944. The van der Waals surface area contributed by atoms with Gasteiger partial charge in [0.05, 0.1) is 6.61 Å². The third-order valence-corrected chi connectivity index (χ3v) is 13.1. The van der Waals surface area contributed by atoms with Crippen LogP contribution < -0.4 is 10.4 Å². The molecule has 0 fully saturated rings. The molecular weight excluding hydrogens is 536 g/mol. The molecule has 234 valence electrons. The van der Waals surface area contributed by atoms with Gasteiger partial charge in [0.25, 0.3) is 8.32 Å². The number of carbonyl (C=O) groups is 1. The molecule has 0 heterocycles. The van der Waals surface area contributed by atoms with Gasteiger partial charge in [0.2, 0.25) is 0 Å². The van der Waals surface area contributed by atoms with Gasteiger partial charge in [-0.05, 0) is 47.5 Å². The molecule has 0 aromatic heterocycles. The van der Waals surface area contributed by atoms with Crippen LogP contribution in [0.25, 0.3) is 0 Å². The van der Waals surface area contributed by atoms with Gasteiger partial charge < -0.3 is 14.3 Å². The molecule has 0 radical (unpaired) electrons. The number of hydrogen-bond donors (Lipinski definition) is 1. The minimum absolute atomic E-state index is 0.0604. The molecule has 1 atom stereocenters. The van der Waals surface area contributed by atoms with Crippen LogP contribution >= 0.6 is 0 Å². The summed E-state index contributed by atoms with van der Waals surface area (Å²) >= 11 is 0. The van der Waals surface area contributed by atoms with Gasteiger partial charge >= 0.3 is 5.97 Å². The zero-order valence-corrected chi connectivity index (χ0v) is 28.0. The molecule has 0 aliphatic heterocycles. The molecule has 0 saturated carbocycles. The number of rotatable bonds is 22. The van der Waals surface area contributed by atoms with E-state index in [1.165, 1.54) is 57.8 Å². The van der Waals surface area contributed by atoms with E-state index in [4.69, 9.17) is 9.16 Å². The van der Waals surface area contributed by atoms with Crippen molar-refractivity contribution >= 4 is 24.7 Å². The Balaban J connectivity index is 1.74. The average Bonchev–Trinajstić information content (AvgIpc) is 2.99.